The van der Waals surface area contributed by atoms with Crippen LogP contribution in [-0.4, -0.2) is 43.6 Å². The van der Waals surface area contributed by atoms with Crippen molar-refractivity contribution < 1.29 is 47.3 Å². The van der Waals surface area contributed by atoms with Crippen LogP contribution in [-0.2, 0) is 28.9 Å². The van der Waals surface area contributed by atoms with Crippen LogP contribution in [0.25, 0.3) is 38.3 Å². The van der Waals surface area contributed by atoms with Crippen molar-refractivity contribution in [2.24, 2.45) is 20.5 Å². The van der Waals surface area contributed by atoms with Crippen LogP contribution in [0.2, 0.25) is 0 Å². The fourth-order valence-electron chi connectivity index (χ4n) is 6.34. The van der Waals surface area contributed by atoms with E-state index in [1.807, 2.05) is 62.4 Å². The Morgan fingerprint density at radius 3 is 2.03 bits per heavy atom. The molecule has 61 heavy (non-hydrogen) atoms. The number of nitrogens with zero attached hydrogens (tertiary/aromatic N) is 7. The molecule has 0 radical (unpaired) electrons. The van der Waals surface area contributed by atoms with Crippen molar-refractivity contribution in [1.29, 1.82) is 0 Å². The first-order valence-corrected chi connectivity index (χ1v) is 20.7. The summed E-state index contributed by atoms with van der Waals surface area (Å²) < 4.78 is 43.1. The molecule has 8 aromatic rings. The molecule has 1 heterocycles. The third kappa shape index (κ3) is 9.06. The number of azo groups is 2. The van der Waals surface area contributed by atoms with E-state index in [4.69, 9.17) is 14.8 Å². The molecule has 0 fully saturated rings. The third-order valence-electron chi connectivity index (χ3n) is 9.26. The van der Waals surface area contributed by atoms with Crippen LogP contribution in [0.5, 0.6) is 5.75 Å². The van der Waals surface area contributed by atoms with Crippen LogP contribution in [0.15, 0.2) is 150 Å². The summed E-state index contributed by atoms with van der Waals surface area (Å²) in [6.07, 6.45) is 0. The Hall–Kier alpha value is -6.37. The van der Waals surface area contributed by atoms with E-state index in [0.29, 0.717) is 84.3 Å². The Morgan fingerprint density at radius 2 is 1.34 bits per heavy atom. The highest BCUT2D eigenvalue weighted by molar-refractivity contribution is 7.95. The molecule has 0 aliphatic rings. The monoisotopic (exact) mass is 878 g/mol. The molecule has 0 aliphatic carbocycles. The van der Waals surface area contributed by atoms with Crippen LogP contribution < -0.4 is 5.32 Å². The minimum Gasteiger partial charge on any atom is -0.505 e. The summed E-state index contributed by atoms with van der Waals surface area (Å²) in [6, 6.07) is 33.2. The number of hydrogen-bond donors (Lipinski definition) is 5. The first-order valence-electron chi connectivity index (χ1n) is 17.8. The number of fused-ring (bicyclic) bond motifs is 4. The summed E-state index contributed by atoms with van der Waals surface area (Å²) in [7, 11) is -4.61. The number of aromatic hydroxyl groups is 1. The number of aryl methyl sites for hydroxylation is 2. The highest BCUT2D eigenvalue weighted by Crippen LogP contribution is 2.45. The quantitative estimate of drug-likeness (QED) is 0.0224. The number of hydrogen-bond acceptors (Lipinski definition) is 18. The van der Waals surface area contributed by atoms with Gasteiger partial charge in [0, 0.05) is 32.4 Å². The van der Waals surface area contributed by atoms with Gasteiger partial charge < -0.3 is 10.4 Å². The van der Waals surface area contributed by atoms with Gasteiger partial charge in [-0.05, 0) is 121 Å². The Kier molecular flexibility index (Phi) is 12.0. The normalized spacial score (nSPS) is 12.1. The highest BCUT2D eigenvalue weighted by Gasteiger charge is 2.19. The molecular formula is C40H30N8O10S3. The van der Waals surface area contributed by atoms with Crippen LogP contribution in [0.3, 0.4) is 0 Å². The van der Waals surface area contributed by atoms with Crippen molar-refractivity contribution in [1.82, 2.24) is 15.0 Å². The second kappa shape index (κ2) is 17.7. The molecule has 5 N–H and O–H groups in total. The zero-order valence-corrected chi connectivity index (χ0v) is 34.0. The molecule has 308 valence electrons. The Morgan fingerprint density at radius 1 is 0.672 bits per heavy atom. The topological polar surface area (TPSA) is 244 Å². The van der Waals surface area contributed by atoms with Gasteiger partial charge in [-0.15, -0.1) is 24.0 Å². The molecule has 0 amide bonds. The number of nitrogens with one attached hydrogen (secondary N) is 1. The molecule has 0 bridgehead atoms. The maximum absolute atomic E-state index is 12.0. The lowest BCUT2D eigenvalue weighted by molar-refractivity contribution is -0.432. The van der Waals surface area contributed by atoms with Crippen LogP contribution in [0.4, 0.5) is 34.1 Å². The van der Waals surface area contributed by atoms with E-state index in [-0.39, 0.29) is 16.3 Å². The fraction of sp³-hybridized carbons (Fsp3) is 0.0500. The smallest absolute Gasteiger partial charge is 0.294 e. The predicted molar refractivity (Wildman–Crippen MR) is 227 cm³/mol. The average molecular weight is 879 g/mol. The van der Waals surface area contributed by atoms with Crippen molar-refractivity contribution >= 4 is 101 Å². The second-order valence-corrected chi connectivity index (χ2v) is 16.1. The van der Waals surface area contributed by atoms with Crippen molar-refractivity contribution in [3.63, 3.8) is 0 Å². The Labute approximate surface area is 354 Å². The summed E-state index contributed by atoms with van der Waals surface area (Å²) in [6.45, 7) is 3.69. The van der Waals surface area contributed by atoms with E-state index in [0.717, 1.165) is 22.5 Å². The molecular weight excluding hydrogens is 849 g/mol. The first kappa shape index (κ1) is 41.4. The number of benzene rings is 7. The number of phenolic OH excluding ortho intramolecular Hbond substituents is 1. The van der Waals surface area contributed by atoms with Gasteiger partial charge in [0.2, 0.25) is 0 Å². The van der Waals surface area contributed by atoms with Gasteiger partial charge in [-0.2, -0.15) is 28.6 Å². The van der Waals surface area contributed by atoms with Crippen LogP contribution in [0, 0.1) is 13.8 Å². The molecule has 18 nitrogen and oxygen atoms in total. The van der Waals surface area contributed by atoms with Gasteiger partial charge in [-0.1, -0.05) is 34.3 Å². The predicted octanol–water partition coefficient (Wildman–Crippen LogP) is 11.7. The maximum atomic E-state index is 12.0. The maximum Gasteiger partial charge on any atom is 0.294 e. The lowest BCUT2D eigenvalue weighted by Gasteiger charge is -2.12. The molecule has 7 aromatic carbocycles. The summed E-state index contributed by atoms with van der Waals surface area (Å²) in [4.78, 5) is 1.53. The molecule has 0 aliphatic heterocycles. The molecule has 0 saturated heterocycles. The number of aromatic nitrogens is 3. The van der Waals surface area contributed by atoms with Gasteiger partial charge in [-0.25, -0.2) is 10.5 Å². The molecule has 1 aromatic heterocycles. The lowest BCUT2D eigenvalue weighted by atomic mass is 10.1. The summed E-state index contributed by atoms with van der Waals surface area (Å²) >= 11 is 1.21. The van der Waals surface area contributed by atoms with Crippen molar-refractivity contribution in [2.75, 3.05) is 5.32 Å². The van der Waals surface area contributed by atoms with Crippen molar-refractivity contribution in [3.05, 3.63) is 126 Å². The highest BCUT2D eigenvalue weighted by atomic mass is 32.2. The van der Waals surface area contributed by atoms with Gasteiger partial charge in [0.1, 0.15) is 16.7 Å². The van der Waals surface area contributed by atoms with Crippen molar-refractivity contribution in [2.45, 2.75) is 28.5 Å². The van der Waals surface area contributed by atoms with Gasteiger partial charge in [0.05, 0.1) is 56.6 Å². The minimum absolute atomic E-state index is 0.105. The SMILES string of the molecule is Cc1cc(N=Nc2c(SOOO)cc3cc(Nc4ccccc4)ccc3c2O)c(C)cc1N=Nc1ccc(-n2nc3ccc4c(SOOO)cc(S(=O)(=O)O)cc4c3n2)cc1. The van der Waals surface area contributed by atoms with Gasteiger partial charge in [0.25, 0.3) is 10.1 Å². The van der Waals surface area contributed by atoms with Gasteiger partial charge in [0.15, 0.2) is 5.75 Å². The van der Waals surface area contributed by atoms with E-state index in [1.165, 1.54) is 16.9 Å². The first-order chi connectivity index (χ1) is 29.5. The molecule has 21 heteroatoms. The van der Waals surface area contributed by atoms with E-state index in [9.17, 15) is 18.1 Å². The molecule has 0 spiro atoms. The van der Waals surface area contributed by atoms with E-state index in [1.54, 1.807) is 54.6 Å². The summed E-state index contributed by atoms with van der Waals surface area (Å²) in [5.41, 5.74) is 6.27. The number of anilines is 2. The number of para-hydroxylation sites is 1. The Balaban J connectivity index is 1.02. The van der Waals surface area contributed by atoms with Gasteiger partial charge in [-0.3, -0.25) is 4.55 Å². The van der Waals surface area contributed by atoms with Crippen LogP contribution in [0.1, 0.15) is 11.1 Å². The molecule has 8 rings (SSSR count). The molecule has 0 atom stereocenters. The van der Waals surface area contributed by atoms with E-state index >= 15 is 0 Å². The molecule has 0 unspecified atom stereocenters. The zero-order chi connectivity index (χ0) is 42.7. The molecule has 0 saturated carbocycles. The largest absolute Gasteiger partial charge is 0.505 e. The van der Waals surface area contributed by atoms with Gasteiger partial charge >= 0.3 is 0 Å². The Bertz CT molecular complexity index is 3120. The van der Waals surface area contributed by atoms with Crippen LogP contribution >= 0.6 is 24.1 Å². The number of rotatable bonds is 14. The summed E-state index contributed by atoms with van der Waals surface area (Å²) in [5.74, 6) is -0.142. The zero-order valence-electron chi connectivity index (χ0n) is 31.6. The number of phenols is 1. The summed E-state index contributed by atoms with van der Waals surface area (Å²) in [5, 5.41) is 68.6. The second-order valence-electron chi connectivity index (χ2n) is 13.2. The lowest BCUT2D eigenvalue weighted by Crippen LogP contribution is -1.99. The fourth-order valence-corrected chi connectivity index (χ4v) is 7.99. The standard InChI is InChI=1S/C40H30N8O10S3/c1-22-17-35(44-45-39-37(60-58-56-51)19-24-18-27(10-13-30(24)40(39)49)41-25-6-4-3-5-7-25)23(2)16-34(22)43-42-26-8-11-28(12-9-26)48-46-33-15-14-31-32(38(33)47-48)20-29(61(52,53)54)21-36(31)59-57-55-50/h3-21,41,49-51H,1-2H3,(H,52,53,54). The average Bonchev–Trinajstić information content (AvgIpc) is 3.70. The third-order valence-corrected chi connectivity index (χ3v) is 11.4. The van der Waals surface area contributed by atoms with E-state index in [2.05, 4.69) is 50.4 Å². The van der Waals surface area contributed by atoms with Crippen molar-refractivity contribution in [3.8, 4) is 11.4 Å². The van der Waals surface area contributed by atoms with E-state index < -0.39 is 15.0 Å². The minimum atomic E-state index is -4.61.